The molecule has 4 heterocycles. The summed E-state index contributed by atoms with van der Waals surface area (Å²) in [5.74, 6) is 0.752. The predicted octanol–water partition coefficient (Wildman–Crippen LogP) is 2.39. The van der Waals surface area contributed by atoms with Crippen molar-refractivity contribution in [3.05, 3.63) is 39.3 Å². The van der Waals surface area contributed by atoms with E-state index in [0.717, 1.165) is 17.7 Å². The average Bonchev–Trinajstić information content (AvgIpc) is 3.15. The number of pyridine rings is 1. The number of piperidine rings is 1. The maximum absolute atomic E-state index is 13.1. The molecular formula is C20H24Cl2N6O2. The number of carbonyl (C=O) groups excluding carboxylic acids is 2. The van der Waals surface area contributed by atoms with Gasteiger partial charge in [0.05, 0.1) is 18.2 Å². The van der Waals surface area contributed by atoms with Gasteiger partial charge < -0.3 is 15.1 Å². The molecule has 2 unspecified atom stereocenters. The average molecular weight is 451 g/mol. The quantitative estimate of drug-likeness (QED) is 0.722. The SMILES string of the molecule is CNc1cc(C(=O)N2CC3CC2CN(C(=O)Cc2c(C)nn(C)c2Cl)C3)cc(Cl)n1. The summed E-state index contributed by atoms with van der Waals surface area (Å²) in [6.07, 6.45) is 1.12. The lowest BCUT2D eigenvalue weighted by Crippen LogP contribution is -2.47. The summed E-state index contributed by atoms with van der Waals surface area (Å²) in [5.41, 5.74) is 2.03. The Bertz CT molecular complexity index is 1010. The summed E-state index contributed by atoms with van der Waals surface area (Å²) in [4.78, 5) is 34.0. The molecule has 0 saturated carbocycles. The molecule has 1 N–H and O–H groups in total. The number of likely N-dealkylation sites (tertiary alicyclic amines) is 2. The van der Waals surface area contributed by atoms with Crippen LogP contribution in [0.2, 0.25) is 10.3 Å². The Morgan fingerprint density at radius 2 is 2.00 bits per heavy atom. The number of rotatable bonds is 4. The lowest BCUT2D eigenvalue weighted by Gasteiger charge is -2.33. The van der Waals surface area contributed by atoms with E-state index >= 15 is 0 Å². The van der Waals surface area contributed by atoms with Crippen LogP contribution in [0.5, 0.6) is 0 Å². The first kappa shape index (κ1) is 20.9. The van der Waals surface area contributed by atoms with Crippen LogP contribution >= 0.6 is 23.2 Å². The highest BCUT2D eigenvalue weighted by Crippen LogP contribution is 2.32. The first-order chi connectivity index (χ1) is 14.3. The van der Waals surface area contributed by atoms with E-state index in [1.165, 1.54) is 0 Å². The second-order valence-electron chi connectivity index (χ2n) is 7.98. The summed E-state index contributed by atoms with van der Waals surface area (Å²) in [6, 6.07) is 3.28. The summed E-state index contributed by atoms with van der Waals surface area (Å²) in [7, 11) is 3.49. The standard InChI is InChI=1S/C20H24Cl2N6O2/c1-11-15(19(22)26(3)25-11)7-18(29)27-8-12-4-14(10-27)28(9-12)20(30)13-5-16(21)24-17(6-13)23-2/h5-6,12,14H,4,7-10H2,1-3H3,(H,23,24). The summed E-state index contributed by atoms with van der Waals surface area (Å²) in [5, 5.41) is 7.96. The third kappa shape index (κ3) is 3.86. The third-order valence-electron chi connectivity index (χ3n) is 5.92. The van der Waals surface area contributed by atoms with Crippen molar-refractivity contribution in [2.45, 2.75) is 25.8 Å². The lowest BCUT2D eigenvalue weighted by molar-refractivity contribution is -0.132. The van der Waals surface area contributed by atoms with Crippen LogP contribution in [0.1, 0.15) is 28.0 Å². The van der Waals surface area contributed by atoms with Crippen LogP contribution in [0.15, 0.2) is 12.1 Å². The Hall–Kier alpha value is -2.32. The summed E-state index contributed by atoms with van der Waals surface area (Å²) < 4.78 is 1.58. The van der Waals surface area contributed by atoms with Crippen molar-refractivity contribution < 1.29 is 9.59 Å². The van der Waals surface area contributed by atoms with E-state index in [0.29, 0.717) is 36.2 Å². The van der Waals surface area contributed by atoms with Gasteiger partial charge in [-0.25, -0.2) is 4.98 Å². The number of aromatic nitrogens is 3. The molecule has 2 aliphatic rings. The Morgan fingerprint density at radius 3 is 2.67 bits per heavy atom. The zero-order chi connectivity index (χ0) is 21.6. The van der Waals surface area contributed by atoms with E-state index in [-0.39, 0.29) is 35.3 Å². The number of aryl methyl sites for hydroxylation is 2. The normalized spacial score (nSPS) is 20.6. The topological polar surface area (TPSA) is 83.4 Å². The molecule has 30 heavy (non-hydrogen) atoms. The fourth-order valence-corrected chi connectivity index (χ4v) is 4.91. The van der Waals surface area contributed by atoms with Crippen molar-refractivity contribution >= 4 is 40.8 Å². The molecule has 2 aromatic rings. The minimum absolute atomic E-state index is 0.00403. The second-order valence-corrected chi connectivity index (χ2v) is 8.73. The van der Waals surface area contributed by atoms with Crippen molar-refractivity contribution in [3.8, 4) is 0 Å². The molecular weight excluding hydrogens is 427 g/mol. The zero-order valence-electron chi connectivity index (χ0n) is 17.2. The second kappa shape index (κ2) is 8.07. The van der Waals surface area contributed by atoms with Gasteiger partial charge in [-0.15, -0.1) is 0 Å². The number of anilines is 1. The number of hydrogen-bond donors (Lipinski definition) is 1. The molecule has 2 aliphatic heterocycles. The molecule has 0 spiro atoms. The predicted molar refractivity (Wildman–Crippen MR) is 115 cm³/mol. The number of nitrogens with zero attached hydrogens (tertiary/aromatic N) is 5. The van der Waals surface area contributed by atoms with Crippen molar-refractivity contribution in [3.63, 3.8) is 0 Å². The minimum Gasteiger partial charge on any atom is -0.373 e. The molecule has 2 saturated heterocycles. The lowest BCUT2D eigenvalue weighted by atomic mass is 9.99. The first-order valence-electron chi connectivity index (χ1n) is 9.88. The van der Waals surface area contributed by atoms with Crippen LogP contribution in [-0.4, -0.2) is 69.1 Å². The molecule has 2 amide bonds. The minimum atomic E-state index is -0.0799. The summed E-state index contributed by atoms with van der Waals surface area (Å²) >= 11 is 12.4. The highest BCUT2D eigenvalue weighted by Gasteiger charge is 2.42. The molecule has 160 valence electrons. The van der Waals surface area contributed by atoms with Gasteiger partial charge in [-0.2, -0.15) is 5.10 Å². The molecule has 2 fully saturated rings. The van der Waals surface area contributed by atoms with Gasteiger partial charge in [0.15, 0.2) is 0 Å². The zero-order valence-corrected chi connectivity index (χ0v) is 18.7. The van der Waals surface area contributed by atoms with Gasteiger partial charge >= 0.3 is 0 Å². The van der Waals surface area contributed by atoms with E-state index < -0.39 is 0 Å². The number of nitrogens with one attached hydrogen (secondary N) is 1. The third-order valence-corrected chi connectivity index (χ3v) is 6.59. The molecule has 0 aromatic carbocycles. The van der Waals surface area contributed by atoms with Gasteiger partial charge in [-0.05, 0) is 31.4 Å². The van der Waals surface area contributed by atoms with Crippen LogP contribution in [0.25, 0.3) is 0 Å². The van der Waals surface area contributed by atoms with Gasteiger partial charge in [0, 0.05) is 44.9 Å². The van der Waals surface area contributed by atoms with Gasteiger partial charge in [0.25, 0.3) is 5.91 Å². The highest BCUT2D eigenvalue weighted by atomic mass is 35.5. The molecule has 0 aliphatic carbocycles. The molecule has 8 nitrogen and oxygen atoms in total. The van der Waals surface area contributed by atoms with Crippen molar-refractivity contribution in [2.24, 2.45) is 13.0 Å². The van der Waals surface area contributed by atoms with Crippen molar-refractivity contribution in [1.82, 2.24) is 24.6 Å². The highest BCUT2D eigenvalue weighted by molar-refractivity contribution is 6.30. The van der Waals surface area contributed by atoms with Gasteiger partial charge in [0.1, 0.15) is 16.1 Å². The Morgan fingerprint density at radius 1 is 1.23 bits per heavy atom. The Kier molecular flexibility index (Phi) is 5.63. The molecule has 2 bridgehead atoms. The monoisotopic (exact) mass is 450 g/mol. The van der Waals surface area contributed by atoms with Crippen LogP contribution in [0, 0.1) is 12.8 Å². The smallest absolute Gasteiger partial charge is 0.254 e. The largest absolute Gasteiger partial charge is 0.373 e. The molecule has 2 aromatic heterocycles. The first-order valence-corrected chi connectivity index (χ1v) is 10.6. The molecule has 4 rings (SSSR count). The van der Waals surface area contributed by atoms with Gasteiger partial charge in [0.2, 0.25) is 5.91 Å². The van der Waals surface area contributed by atoms with E-state index in [2.05, 4.69) is 15.4 Å². The van der Waals surface area contributed by atoms with E-state index in [1.54, 1.807) is 30.9 Å². The van der Waals surface area contributed by atoms with Crippen LogP contribution in [0.3, 0.4) is 0 Å². The van der Waals surface area contributed by atoms with Crippen molar-refractivity contribution in [2.75, 3.05) is 32.0 Å². The Balaban J connectivity index is 1.47. The maximum atomic E-state index is 13.1. The van der Waals surface area contributed by atoms with Crippen molar-refractivity contribution in [1.29, 1.82) is 0 Å². The van der Waals surface area contributed by atoms with Crippen LogP contribution in [0.4, 0.5) is 5.82 Å². The Labute approximate surface area is 185 Å². The molecule has 10 heteroatoms. The fraction of sp³-hybridized carbons (Fsp3) is 0.500. The van der Waals surface area contributed by atoms with Crippen LogP contribution < -0.4 is 5.32 Å². The van der Waals surface area contributed by atoms with E-state index in [4.69, 9.17) is 23.2 Å². The molecule has 2 atom stereocenters. The fourth-order valence-electron chi connectivity index (χ4n) is 4.46. The number of fused-ring (bicyclic) bond motifs is 2. The van der Waals surface area contributed by atoms with Gasteiger partial charge in [-0.3, -0.25) is 14.3 Å². The van der Waals surface area contributed by atoms with E-state index in [9.17, 15) is 9.59 Å². The summed E-state index contributed by atoms with van der Waals surface area (Å²) in [6.45, 7) is 3.66. The molecule has 0 radical (unpaired) electrons. The van der Waals surface area contributed by atoms with Crippen LogP contribution in [-0.2, 0) is 18.3 Å². The number of amides is 2. The number of hydrogen-bond acceptors (Lipinski definition) is 5. The number of halogens is 2. The maximum Gasteiger partial charge on any atom is 0.254 e. The van der Waals surface area contributed by atoms with E-state index in [1.807, 2.05) is 16.7 Å². The van der Waals surface area contributed by atoms with Gasteiger partial charge in [-0.1, -0.05) is 23.2 Å². The number of carbonyl (C=O) groups is 2.